The summed E-state index contributed by atoms with van der Waals surface area (Å²) in [5, 5.41) is 19.8. The van der Waals surface area contributed by atoms with Gasteiger partial charge in [-0.2, -0.15) is 0 Å². The van der Waals surface area contributed by atoms with E-state index in [0.29, 0.717) is 37.2 Å². The summed E-state index contributed by atoms with van der Waals surface area (Å²) in [5.74, 6) is -0.359. The van der Waals surface area contributed by atoms with Gasteiger partial charge in [0.1, 0.15) is 6.61 Å². The molecule has 1 fully saturated rings. The molecule has 4 N–H and O–H groups in total. The summed E-state index contributed by atoms with van der Waals surface area (Å²) in [4.78, 5) is 39.8. The van der Waals surface area contributed by atoms with Gasteiger partial charge in [0.2, 0.25) is 5.91 Å². The van der Waals surface area contributed by atoms with Gasteiger partial charge < -0.3 is 30.7 Å². The Morgan fingerprint density at radius 3 is 2.35 bits per heavy atom. The van der Waals surface area contributed by atoms with Gasteiger partial charge in [0, 0.05) is 43.0 Å². The lowest BCUT2D eigenvalue weighted by Crippen LogP contribution is -2.49. The zero-order chi connectivity index (χ0) is 28.3. The molecule has 3 aromatic rings. The average molecular weight is 545 g/mol. The Balaban J connectivity index is 1.46. The van der Waals surface area contributed by atoms with Gasteiger partial charge in [0.25, 0.3) is 5.91 Å². The molecule has 0 saturated carbocycles. The minimum absolute atomic E-state index is 0.0302. The minimum atomic E-state index is -1.09. The van der Waals surface area contributed by atoms with Crippen LogP contribution < -0.4 is 20.9 Å². The molecule has 40 heavy (non-hydrogen) atoms. The molecule has 4 rings (SSSR count). The molecular formula is C31H36N4O5. The van der Waals surface area contributed by atoms with Crippen LogP contribution in [0.1, 0.15) is 41.3 Å². The van der Waals surface area contributed by atoms with Crippen molar-refractivity contribution in [1.29, 1.82) is 0 Å². The predicted molar refractivity (Wildman–Crippen MR) is 154 cm³/mol. The van der Waals surface area contributed by atoms with Gasteiger partial charge in [-0.25, -0.2) is 4.79 Å². The molecule has 1 aliphatic heterocycles. The van der Waals surface area contributed by atoms with Crippen LogP contribution in [0, 0.1) is 0 Å². The molecule has 1 aliphatic rings. The van der Waals surface area contributed by atoms with E-state index in [1.165, 1.54) is 0 Å². The summed E-state index contributed by atoms with van der Waals surface area (Å²) >= 11 is 0. The molecule has 210 valence electrons. The van der Waals surface area contributed by atoms with E-state index in [9.17, 15) is 19.5 Å². The predicted octanol–water partition coefficient (Wildman–Crippen LogP) is 3.87. The van der Waals surface area contributed by atoms with Crippen LogP contribution in [0.15, 0.2) is 78.9 Å². The number of hydrogen-bond donors (Lipinski definition) is 4. The zero-order valence-electron chi connectivity index (χ0n) is 22.6. The molecule has 0 spiro atoms. The van der Waals surface area contributed by atoms with Crippen molar-refractivity contribution in [3.63, 3.8) is 0 Å². The van der Waals surface area contributed by atoms with Crippen LogP contribution in [0.2, 0.25) is 0 Å². The second-order valence-corrected chi connectivity index (χ2v) is 9.73. The minimum Gasteiger partial charge on any atom is -0.445 e. The van der Waals surface area contributed by atoms with E-state index in [-0.39, 0.29) is 25.0 Å². The first kappa shape index (κ1) is 28.6. The van der Waals surface area contributed by atoms with Crippen molar-refractivity contribution >= 4 is 29.3 Å². The van der Waals surface area contributed by atoms with Crippen molar-refractivity contribution in [2.24, 2.45) is 0 Å². The van der Waals surface area contributed by atoms with Crippen LogP contribution >= 0.6 is 0 Å². The van der Waals surface area contributed by atoms with Gasteiger partial charge in [0.05, 0.1) is 12.1 Å². The van der Waals surface area contributed by atoms with Crippen LogP contribution in [-0.2, 0) is 22.6 Å². The number of alkyl carbamates (subject to hydrolysis) is 1. The van der Waals surface area contributed by atoms with Gasteiger partial charge >= 0.3 is 6.09 Å². The molecule has 0 aliphatic carbocycles. The number of ether oxygens (including phenoxy) is 1. The number of nitrogens with zero attached hydrogens (tertiary/aromatic N) is 1. The van der Waals surface area contributed by atoms with E-state index in [1.54, 1.807) is 17.0 Å². The van der Waals surface area contributed by atoms with Crippen LogP contribution in [0.25, 0.3) is 0 Å². The normalized spacial score (nSPS) is 14.3. The Labute approximate surface area is 234 Å². The van der Waals surface area contributed by atoms with Crippen molar-refractivity contribution < 1.29 is 24.2 Å². The number of carbonyl (C=O) groups is 3. The van der Waals surface area contributed by atoms with Gasteiger partial charge in [0.15, 0.2) is 0 Å². The van der Waals surface area contributed by atoms with E-state index in [1.807, 2.05) is 73.7 Å². The van der Waals surface area contributed by atoms with Crippen LogP contribution in [0.3, 0.4) is 0 Å². The first-order valence-corrected chi connectivity index (χ1v) is 13.6. The highest BCUT2D eigenvalue weighted by atomic mass is 16.5. The Morgan fingerprint density at radius 2 is 1.70 bits per heavy atom. The van der Waals surface area contributed by atoms with E-state index in [4.69, 9.17) is 4.74 Å². The lowest BCUT2D eigenvalue weighted by atomic mass is 10.00. The largest absolute Gasteiger partial charge is 0.445 e. The molecule has 3 aromatic carbocycles. The molecule has 3 amide bonds. The number of carbonyl (C=O) groups excluding carboxylic acids is 3. The maximum Gasteiger partial charge on any atom is 0.407 e. The molecule has 1 heterocycles. The van der Waals surface area contributed by atoms with E-state index in [0.717, 1.165) is 23.2 Å². The van der Waals surface area contributed by atoms with Crippen molar-refractivity contribution in [2.45, 2.75) is 44.9 Å². The Bertz CT molecular complexity index is 1290. The first-order chi connectivity index (χ1) is 19.4. The maximum absolute atomic E-state index is 13.5. The second kappa shape index (κ2) is 14.1. The molecule has 0 radical (unpaired) electrons. The molecule has 9 heteroatoms. The van der Waals surface area contributed by atoms with E-state index in [2.05, 4.69) is 16.0 Å². The fourth-order valence-electron chi connectivity index (χ4n) is 4.63. The number of aliphatic hydroxyl groups excluding tert-OH is 1. The SMILES string of the molecule is CCNc1cc(C(=O)N[C@@H](Cc2ccccc2)[C@H](O)CNC(=O)OCc2ccccc2)cc(N2CCCC2=O)c1. The number of amides is 3. The molecule has 1 saturated heterocycles. The van der Waals surface area contributed by atoms with E-state index < -0.39 is 18.2 Å². The third-order valence-electron chi connectivity index (χ3n) is 6.69. The second-order valence-electron chi connectivity index (χ2n) is 9.73. The quantitative estimate of drug-likeness (QED) is 0.275. The van der Waals surface area contributed by atoms with E-state index >= 15 is 0 Å². The monoisotopic (exact) mass is 544 g/mol. The van der Waals surface area contributed by atoms with Gasteiger partial charge in [-0.05, 0) is 49.1 Å². The molecule has 2 atom stereocenters. The summed E-state index contributed by atoms with van der Waals surface area (Å²) in [5.41, 5.74) is 3.53. The summed E-state index contributed by atoms with van der Waals surface area (Å²) in [6.45, 7) is 3.21. The zero-order valence-corrected chi connectivity index (χ0v) is 22.6. The highest BCUT2D eigenvalue weighted by molar-refractivity contribution is 6.00. The van der Waals surface area contributed by atoms with Crippen LogP contribution in [0.5, 0.6) is 0 Å². The number of rotatable bonds is 12. The van der Waals surface area contributed by atoms with Crippen molar-refractivity contribution in [3.8, 4) is 0 Å². The Morgan fingerprint density at radius 1 is 1.00 bits per heavy atom. The molecule has 9 nitrogen and oxygen atoms in total. The van der Waals surface area contributed by atoms with Crippen molar-refractivity contribution in [2.75, 3.05) is 29.9 Å². The molecule has 0 unspecified atom stereocenters. The van der Waals surface area contributed by atoms with Gasteiger partial charge in [-0.15, -0.1) is 0 Å². The summed E-state index contributed by atoms with van der Waals surface area (Å²) < 4.78 is 5.25. The summed E-state index contributed by atoms with van der Waals surface area (Å²) in [6.07, 6.45) is -0.147. The Kier molecular flexibility index (Phi) is 10.1. The summed E-state index contributed by atoms with van der Waals surface area (Å²) in [6, 6.07) is 23.4. The molecule has 0 aromatic heterocycles. The third-order valence-corrected chi connectivity index (χ3v) is 6.69. The number of benzene rings is 3. The number of anilines is 2. The summed E-state index contributed by atoms with van der Waals surface area (Å²) in [7, 11) is 0. The first-order valence-electron chi connectivity index (χ1n) is 13.6. The molecule has 0 bridgehead atoms. The number of aliphatic hydroxyl groups is 1. The topological polar surface area (TPSA) is 120 Å². The van der Waals surface area contributed by atoms with Crippen molar-refractivity contribution in [1.82, 2.24) is 10.6 Å². The lowest BCUT2D eigenvalue weighted by molar-refractivity contribution is -0.117. The Hall–Kier alpha value is -4.37. The third kappa shape index (κ3) is 8.07. The number of hydrogen-bond acceptors (Lipinski definition) is 6. The fourth-order valence-corrected chi connectivity index (χ4v) is 4.63. The fraction of sp³-hybridized carbons (Fsp3) is 0.323. The highest BCUT2D eigenvalue weighted by Crippen LogP contribution is 2.27. The smallest absolute Gasteiger partial charge is 0.407 e. The van der Waals surface area contributed by atoms with Gasteiger partial charge in [-0.1, -0.05) is 60.7 Å². The van der Waals surface area contributed by atoms with Crippen LogP contribution in [-0.4, -0.2) is 54.8 Å². The average Bonchev–Trinajstić information content (AvgIpc) is 3.41. The van der Waals surface area contributed by atoms with Crippen molar-refractivity contribution in [3.05, 3.63) is 95.6 Å². The highest BCUT2D eigenvalue weighted by Gasteiger charge is 2.26. The number of nitrogens with one attached hydrogen (secondary N) is 3. The maximum atomic E-state index is 13.5. The van der Waals surface area contributed by atoms with Crippen LogP contribution in [0.4, 0.5) is 16.2 Å². The van der Waals surface area contributed by atoms with Gasteiger partial charge in [-0.3, -0.25) is 9.59 Å². The standard InChI is InChI=1S/C31H36N4O5/c1-2-32-25-17-24(18-26(19-25)35-15-9-14-29(35)37)30(38)34-27(16-22-10-5-3-6-11-22)28(36)20-33-31(39)40-21-23-12-7-4-8-13-23/h3-8,10-13,17-19,27-28,32,36H,2,9,14-16,20-21H2,1H3,(H,33,39)(H,34,38)/t27-,28+/m0/s1. The lowest BCUT2D eigenvalue weighted by Gasteiger charge is -2.25. The molecular weight excluding hydrogens is 508 g/mol.